The number of benzene rings is 1. The van der Waals surface area contributed by atoms with Gasteiger partial charge in [-0.2, -0.15) is 0 Å². The van der Waals surface area contributed by atoms with Gasteiger partial charge in [0.25, 0.3) is 6.43 Å². The maximum atomic E-state index is 12.8. The molecular weight excluding hydrogens is 310 g/mol. The van der Waals surface area contributed by atoms with Crippen LogP contribution in [0.15, 0.2) is 18.2 Å². The van der Waals surface area contributed by atoms with Crippen molar-refractivity contribution in [2.24, 2.45) is 0 Å². The van der Waals surface area contributed by atoms with E-state index in [0.29, 0.717) is 5.56 Å². The predicted molar refractivity (Wildman–Crippen MR) is 79.4 cm³/mol. The Balaban J connectivity index is 2.53. The van der Waals surface area contributed by atoms with Gasteiger partial charge < -0.3 is 0 Å². The van der Waals surface area contributed by atoms with Gasteiger partial charge in [-0.3, -0.25) is 0 Å². The predicted octanol–water partition coefficient (Wildman–Crippen LogP) is 5.74. The van der Waals surface area contributed by atoms with Crippen molar-refractivity contribution in [2.45, 2.75) is 62.6 Å². The molecule has 0 spiro atoms. The third-order valence-electron chi connectivity index (χ3n) is 4.42. The molecule has 0 aromatic heterocycles. The summed E-state index contributed by atoms with van der Waals surface area (Å²) in [5.74, 6) is 0. The molecule has 106 valence electrons. The summed E-state index contributed by atoms with van der Waals surface area (Å²) in [4.78, 5) is -0.876. The van der Waals surface area contributed by atoms with Crippen LogP contribution in [0.5, 0.6) is 0 Å². The Morgan fingerprint density at radius 3 is 2.05 bits per heavy atom. The fourth-order valence-electron chi connectivity index (χ4n) is 2.92. The third kappa shape index (κ3) is 2.72. The van der Waals surface area contributed by atoms with E-state index in [0.717, 1.165) is 12.8 Å². The van der Waals surface area contributed by atoms with E-state index in [1.54, 1.807) is 0 Å². The van der Waals surface area contributed by atoms with E-state index >= 15 is 0 Å². The molecule has 1 aliphatic rings. The second-order valence-electron chi connectivity index (χ2n) is 6.81. The lowest BCUT2D eigenvalue weighted by Gasteiger charge is -2.42. The molecule has 1 aliphatic carbocycles. The van der Waals surface area contributed by atoms with Gasteiger partial charge in [0.05, 0.1) is 0 Å². The Labute approximate surface area is 122 Å². The molecule has 0 amide bonds. The molecule has 2 rings (SSSR count). The second kappa shape index (κ2) is 4.83. The molecule has 0 saturated carbocycles. The van der Waals surface area contributed by atoms with Crippen LogP contribution < -0.4 is 0 Å². The van der Waals surface area contributed by atoms with E-state index in [4.69, 9.17) is 0 Å². The lowest BCUT2D eigenvalue weighted by molar-refractivity contribution is 0.147. The van der Waals surface area contributed by atoms with Gasteiger partial charge in [0.15, 0.2) is 0 Å². The van der Waals surface area contributed by atoms with E-state index in [9.17, 15) is 8.78 Å². The highest BCUT2D eigenvalue weighted by Crippen LogP contribution is 2.47. The van der Waals surface area contributed by atoms with Crippen molar-refractivity contribution in [1.82, 2.24) is 0 Å². The van der Waals surface area contributed by atoms with Crippen LogP contribution in [0, 0.1) is 0 Å². The molecule has 0 fully saturated rings. The Morgan fingerprint density at radius 1 is 1.00 bits per heavy atom. The SMILES string of the molecule is CC1(C)CCC(C)(C)c2cc(C(Br)C(F)F)ccc21. The number of alkyl halides is 3. The van der Waals surface area contributed by atoms with Gasteiger partial charge in [0.2, 0.25) is 0 Å². The fourth-order valence-corrected chi connectivity index (χ4v) is 3.21. The molecule has 0 bridgehead atoms. The second-order valence-corrected chi connectivity index (χ2v) is 7.80. The molecule has 1 aromatic carbocycles. The quantitative estimate of drug-likeness (QED) is 0.607. The molecule has 3 heteroatoms. The first-order valence-electron chi connectivity index (χ1n) is 6.72. The molecule has 0 heterocycles. The zero-order valence-corrected chi connectivity index (χ0v) is 13.5. The van der Waals surface area contributed by atoms with Crippen molar-refractivity contribution < 1.29 is 8.78 Å². The summed E-state index contributed by atoms with van der Waals surface area (Å²) in [6.07, 6.45) is -0.144. The number of hydrogen-bond acceptors (Lipinski definition) is 0. The Morgan fingerprint density at radius 2 is 1.53 bits per heavy atom. The van der Waals surface area contributed by atoms with Crippen LogP contribution >= 0.6 is 15.9 Å². The van der Waals surface area contributed by atoms with Crippen LogP contribution in [0.25, 0.3) is 0 Å². The standard InChI is InChI=1S/C16H21BrF2/c1-15(2)7-8-16(3,4)12-9-10(5-6-11(12)15)13(17)14(18)19/h5-6,9,13-14H,7-8H2,1-4H3. The van der Waals surface area contributed by atoms with Crippen LogP contribution in [0.2, 0.25) is 0 Å². The molecule has 0 nitrogen and oxygen atoms in total. The van der Waals surface area contributed by atoms with Crippen LogP contribution in [0.1, 0.15) is 62.1 Å². The highest BCUT2D eigenvalue weighted by molar-refractivity contribution is 9.09. The first kappa shape index (κ1) is 15.0. The van der Waals surface area contributed by atoms with Crippen LogP contribution in [0.3, 0.4) is 0 Å². The first-order valence-corrected chi connectivity index (χ1v) is 7.64. The van der Waals surface area contributed by atoms with Crippen molar-refractivity contribution in [3.05, 3.63) is 34.9 Å². The van der Waals surface area contributed by atoms with Crippen molar-refractivity contribution in [3.8, 4) is 0 Å². The van der Waals surface area contributed by atoms with E-state index in [2.05, 4.69) is 43.6 Å². The average molecular weight is 331 g/mol. The zero-order chi connectivity index (χ0) is 14.4. The van der Waals surface area contributed by atoms with E-state index in [1.165, 1.54) is 11.1 Å². The van der Waals surface area contributed by atoms with Gasteiger partial charge in [-0.25, -0.2) is 8.78 Å². The maximum absolute atomic E-state index is 12.8. The van der Waals surface area contributed by atoms with Crippen molar-refractivity contribution >= 4 is 15.9 Å². The molecule has 0 saturated heterocycles. The number of fused-ring (bicyclic) bond motifs is 1. The van der Waals surface area contributed by atoms with Crippen LogP contribution in [0.4, 0.5) is 8.78 Å². The summed E-state index contributed by atoms with van der Waals surface area (Å²) < 4.78 is 25.7. The molecule has 1 atom stereocenters. The maximum Gasteiger partial charge on any atom is 0.255 e. The largest absolute Gasteiger partial charge is 0.255 e. The fraction of sp³-hybridized carbons (Fsp3) is 0.625. The monoisotopic (exact) mass is 330 g/mol. The van der Waals surface area contributed by atoms with Crippen LogP contribution in [-0.2, 0) is 10.8 Å². The number of rotatable bonds is 2. The van der Waals surface area contributed by atoms with Crippen molar-refractivity contribution in [2.75, 3.05) is 0 Å². The summed E-state index contributed by atoms with van der Waals surface area (Å²) in [6.45, 7) is 8.88. The number of halogens is 3. The lowest BCUT2D eigenvalue weighted by atomic mass is 9.63. The molecule has 19 heavy (non-hydrogen) atoms. The average Bonchev–Trinajstić information content (AvgIpc) is 2.33. The summed E-state index contributed by atoms with van der Waals surface area (Å²) in [5, 5.41) is 0. The molecule has 1 unspecified atom stereocenters. The number of hydrogen-bond donors (Lipinski definition) is 0. The van der Waals surface area contributed by atoms with E-state index < -0.39 is 11.3 Å². The minimum Gasteiger partial charge on any atom is -0.209 e. The smallest absolute Gasteiger partial charge is 0.209 e. The molecule has 0 aliphatic heterocycles. The molecular formula is C16H21BrF2. The van der Waals surface area contributed by atoms with Gasteiger partial charge in [-0.15, -0.1) is 0 Å². The summed E-state index contributed by atoms with van der Waals surface area (Å²) >= 11 is 3.09. The summed E-state index contributed by atoms with van der Waals surface area (Å²) in [6, 6.07) is 5.86. The normalized spacial score (nSPS) is 22.1. The van der Waals surface area contributed by atoms with E-state index in [1.807, 2.05) is 18.2 Å². The summed E-state index contributed by atoms with van der Waals surface area (Å²) in [7, 11) is 0. The Hall–Kier alpha value is -0.440. The van der Waals surface area contributed by atoms with E-state index in [-0.39, 0.29) is 10.8 Å². The van der Waals surface area contributed by atoms with Gasteiger partial charge in [-0.05, 0) is 40.4 Å². The van der Waals surface area contributed by atoms with Gasteiger partial charge in [0, 0.05) is 0 Å². The highest BCUT2D eigenvalue weighted by Gasteiger charge is 2.37. The Bertz CT molecular complexity index is 478. The minimum absolute atomic E-state index is 0.0652. The molecule has 1 aromatic rings. The van der Waals surface area contributed by atoms with Crippen molar-refractivity contribution in [1.29, 1.82) is 0 Å². The minimum atomic E-state index is -2.38. The lowest BCUT2D eigenvalue weighted by Crippen LogP contribution is -2.34. The summed E-state index contributed by atoms with van der Waals surface area (Å²) in [5.41, 5.74) is 3.42. The third-order valence-corrected chi connectivity index (χ3v) is 5.34. The van der Waals surface area contributed by atoms with Gasteiger partial charge in [-0.1, -0.05) is 61.8 Å². The molecule has 0 radical (unpaired) electrons. The topological polar surface area (TPSA) is 0 Å². The van der Waals surface area contributed by atoms with Crippen molar-refractivity contribution in [3.63, 3.8) is 0 Å². The zero-order valence-electron chi connectivity index (χ0n) is 11.9. The Kier molecular flexibility index (Phi) is 3.81. The van der Waals surface area contributed by atoms with Crippen LogP contribution in [-0.4, -0.2) is 6.43 Å². The highest BCUT2D eigenvalue weighted by atomic mass is 79.9. The first-order chi connectivity index (χ1) is 8.65. The van der Waals surface area contributed by atoms with Gasteiger partial charge in [0.1, 0.15) is 4.83 Å². The molecule has 0 N–H and O–H groups in total. The van der Waals surface area contributed by atoms with Gasteiger partial charge >= 0.3 is 0 Å².